The number of hydrogen-bond donors (Lipinski definition) is 0. The Morgan fingerprint density at radius 3 is 2.26 bits per heavy atom. The number of fused-ring (bicyclic) bond motifs is 1. The van der Waals surface area contributed by atoms with Gasteiger partial charge >= 0.3 is 0 Å². The maximum atomic E-state index is 15.1. The number of alkyl halides is 3. The first-order valence-electron chi connectivity index (χ1n) is 11.3. The van der Waals surface area contributed by atoms with E-state index < -0.39 is 24.5 Å². The van der Waals surface area contributed by atoms with Gasteiger partial charge < -0.3 is 0 Å². The van der Waals surface area contributed by atoms with Crippen molar-refractivity contribution in [3.8, 4) is 11.3 Å². The fourth-order valence-corrected chi connectivity index (χ4v) is 4.93. The van der Waals surface area contributed by atoms with Crippen molar-refractivity contribution in [2.75, 3.05) is 4.90 Å². The van der Waals surface area contributed by atoms with E-state index in [0.717, 1.165) is 29.5 Å². The number of hydrogen-bond acceptors (Lipinski definition) is 2. The van der Waals surface area contributed by atoms with Crippen molar-refractivity contribution in [1.29, 1.82) is 0 Å². The van der Waals surface area contributed by atoms with Gasteiger partial charge in [-0.25, -0.2) is 13.2 Å². The highest BCUT2D eigenvalue weighted by Gasteiger charge is 2.46. The molecule has 0 fully saturated rings. The molecule has 1 amide bonds. The molecule has 0 bridgehead atoms. The number of halogens is 4. The van der Waals surface area contributed by atoms with Gasteiger partial charge in [-0.1, -0.05) is 55.8 Å². The number of carbonyl (C=O) groups excluding carboxylic acids is 1. The lowest BCUT2D eigenvalue weighted by Gasteiger charge is -2.37. The normalized spacial score (nSPS) is 19.8. The molecule has 0 saturated carbocycles. The minimum Gasteiger partial charge on any atom is -0.274 e. The average Bonchev–Trinajstić information content (AvgIpc) is 2.81. The number of benzene rings is 2. The van der Waals surface area contributed by atoms with Crippen molar-refractivity contribution in [2.45, 2.75) is 59.2 Å². The molecule has 1 aromatic heterocycles. The number of aryl methyl sites for hydroxylation is 4. The van der Waals surface area contributed by atoms with Crippen molar-refractivity contribution in [2.24, 2.45) is 0 Å². The number of pyridine rings is 1. The molecule has 3 atom stereocenters. The molecule has 1 aliphatic rings. The average molecular weight is 487 g/mol. The van der Waals surface area contributed by atoms with Crippen LogP contribution in [0.5, 0.6) is 0 Å². The smallest absolute Gasteiger partial charge is 0.264 e. The molecule has 3 unspecified atom stereocenters. The van der Waals surface area contributed by atoms with Crippen molar-refractivity contribution in [3.05, 3.63) is 81.0 Å². The predicted octanol–water partition coefficient (Wildman–Crippen LogP) is 7.45. The van der Waals surface area contributed by atoms with Crippen LogP contribution in [0.25, 0.3) is 11.3 Å². The molecular formula is C27H26ClF3N2O. The van der Waals surface area contributed by atoms with Crippen molar-refractivity contribution in [1.82, 2.24) is 4.98 Å². The summed E-state index contributed by atoms with van der Waals surface area (Å²) in [4.78, 5) is 18.9. The van der Waals surface area contributed by atoms with Gasteiger partial charge in [-0.2, -0.15) is 0 Å². The van der Waals surface area contributed by atoms with Crippen LogP contribution in [0.4, 0.5) is 18.9 Å². The molecule has 34 heavy (non-hydrogen) atoms. The number of rotatable bonds is 4. The van der Waals surface area contributed by atoms with Gasteiger partial charge in [0.05, 0.1) is 27.7 Å². The lowest BCUT2D eigenvalue weighted by molar-refractivity contribution is 0.0605. The first-order valence-corrected chi connectivity index (χ1v) is 11.7. The van der Waals surface area contributed by atoms with Gasteiger partial charge in [0.2, 0.25) is 6.30 Å². The largest absolute Gasteiger partial charge is 0.274 e. The van der Waals surface area contributed by atoms with E-state index in [1.807, 2.05) is 32.0 Å². The van der Waals surface area contributed by atoms with E-state index in [-0.39, 0.29) is 21.8 Å². The Kier molecular flexibility index (Phi) is 6.72. The summed E-state index contributed by atoms with van der Waals surface area (Å²) in [6, 6.07) is 12.1. The maximum Gasteiger partial charge on any atom is 0.264 e. The summed E-state index contributed by atoms with van der Waals surface area (Å²) in [5, 5.41) is 0.0830. The van der Waals surface area contributed by atoms with Crippen LogP contribution in [-0.4, -0.2) is 23.4 Å². The second-order valence-electron chi connectivity index (χ2n) is 8.56. The van der Waals surface area contributed by atoms with Crippen LogP contribution in [0.1, 0.15) is 58.3 Å². The second-order valence-corrected chi connectivity index (χ2v) is 8.97. The van der Waals surface area contributed by atoms with E-state index in [4.69, 9.17) is 11.6 Å². The van der Waals surface area contributed by atoms with Crippen LogP contribution in [0, 0.1) is 13.8 Å². The number of carbonyl (C=O) groups is 1. The monoisotopic (exact) mass is 486 g/mol. The Balaban J connectivity index is 1.84. The molecule has 1 aliphatic heterocycles. The Bertz CT molecular complexity index is 1220. The van der Waals surface area contributed by atoms with Gasteiger partial charge in [0.25, 0.3) is 5.91 Å². The highest BCUT2D eigenvalue weighted by molar-refractivity contribution is 6.35. The Morgan fingerprint density at radius 1 is 1.03 bits per heavy atom. The molecule has 0 N–H and O–H groups in total. The maximum absolute atomic E-state index is 15.1. The van der Waals surface area contributed by atoms with Crippen molar-refractivity contribution in [3.63, 3.8) is 0 Å². The molecule has 7 heteroatoms. The first kappa shape index (κ1) is 24.3. The molecule has 0 spiro atoms. The third-order valence-electron chi connectivity index (χ3n) is 6.37. The van der Waals surface area contributed by atoms with E-state index in [2.05, 4.69) is 4.98 Å². The second kappa shape index (κ2) is 9.41. The van der Waals surface area contributed by atoms with Gasteiger partial charge in [0, 0.05) is 11.1 Å². The third-order valence-corrected chi connectivity index (χ3v) is 6.67. The Morgan fingerprint density at radius 2 is 1.68 bits per heavy atom. The minimum absolute atomic E-state index is 0.00282. The van der Waals surface area contributed by atoms with Gasteiger partial charge in [-0.05, 0) is 55.5 Å². The van der Waals surface area contributed by atoms with E-state index in [0.29, 0.717) is 21.9 Å². The topological polar surface area (TPSA) is 33.2 Å². The van der Waals surface area contributed by atoms with Crippen molar-refractivity contribution < 1.29 is 18.0 Å². The van der Waals surface area contributed by atoms with Crippen molar-refractivity contribution >= 4 is 23.2 Å². The van der Waals surface area contributed by atoms with Crippen LogP contribution < -0.4 is 4.90 Å². The summed E-state index contributed by atoms with van der Waals surface area (Å²) in [6.07, 6.45) is -5.58. The van der Waals surface area contributed by atoms with Gasteiger partial charge in [0.1, 0.15) is 0 Å². The standard InChI is InChI=1S/C27H26ClF3N2O/c1-5-16-8-7-9-17(6-2)23(16)20-13-19(28)22(15(4)32-20)27(34)33-21-12-14(3)10-11-18(21)24(29)25(30)26(33)31/h7-13,24-26H,5-6H2,1-4H3. The highest BCUT2D eigenvalue weighted by Crippen LogP contribution is 2.43. The Labute approximate surface area is 202 Å². The summed E-state index contributed by atoms with van der Waals surface area (Å²) in [5.41, 5.74) is 4.66. The van der Waals surface area contributed by atoms with Crippen LogP contribution in [0.15, 0.2) is 42.5 Å². The first-order chi connectivity index (χ1) is 16.2. The third kappa shape index (κ3) is 3.98. The molecule has 3 aromatic rings. The zero-order chi connectivity index (χ0) is 24.7. The van der Waals surface area contributed by atoms with E-state index in [9.17, 15) is 13.6 Å². The molecular weight excluding hydrogens is 461 g/mol. The van der Waals surface area contributed by atoms with E-state index >= 15 is 4.39 Å². The summed E-state index contributed by atoms with van der Waals surface area (Å²) >= 11 is 6.58. The van der Waals surface area contributed by atoms with E-state index in [1.54, 1.807) is 26.0 Å². The zero-order valence-electron chi connectivity index (χ0n) is 19.5. The fraction of sp³-hybridized carbons (Fsp3) is 0.333. The van der Waals surface area contributed by atoms with Crippen LogP contribution in [-0.2, 0) is 12.8 Å². The predicted molar refractivity (Wildman–Crippen MR) is 130 cm³/mol. The van der Waals surface area contributed by atoms with Crippen LogP contribution >= 0.6 is 11.6 Å². The molecule has 3 nitrogen and oxygen atoms in total. The summed E-state index contributed by atoms with van der Waals surface area (Å²) in [7, 11) is 0. The quantitative estimate of drug-likeness (QED) is 0.359. The number of aromatic nitrogens is 1. The molecule has 178 valence electrons. The highest BCUT2D eigenvalue weighted by atomic mass is 35.5. The molecule has 0 radical (unpaired) electrons. The summed E-state index contributed by atoms with van der Waals surface area (Å²) < 4.78 is 44.1. The van der Waals surface area contributed by atoms with Gasteiger partial charge in [-0.15, -0.1) is 0 Å². The molecule has 2 aromatic carbocycles. The lowest BCUT2D eigenvalue weighted by atomic mass is 9.93. The van der Waals surface area contributed by atoms with Crippen LogP contribution in [0.3, 0.4) is 0 Å². The molecule has 4 rings (SSSR count). The van der Waals surface area contributed by atoms with E-state index in [1.165, 1.54) is 12.1 Å². The fourth-order valence-electron chi connectivity index (χ4n) is 4.61. The zero-order valence-corrected chi connectivity index (χ0v) is 20.3. The minimum atomic E-state index is -2.51. The van der Waals surface area contributed by atoms with Gasteiger partial charge in [0.15, 0.2) is 12.3 Å². The lowest BCUT2D eigenvalue weighted by Crippen LogP contribution is -2.48. The number of nitrogens with zero attached hydrogens (tertiary/aromatic N) is 2. The summed E-state index contributed by atoms with van der Waals surface area (Å²) in [6.45, 7) is 7.44. The van der Waals surface area contributed by atoms with Gasteiger partial charge in [-0.3, -0.25) is 14.7 Å². The SMILES string of the molecule is CCc1cccc(CC)c1-c1cc(Cl)c(C(=O)N2c3cc(C)ccc3C(F)C(F)C2F)c(C)n1. The number of anilines is 1. The van der Waals surface area contributed by atoms with Crippen LogP contribution in [0.2, 0.25) is 5.02 Å². The number of amides is 1. The molecule has 0 aliphatic carbocycles. The molecule has 0 saturated heterocycles. The Hall–Kier alpha value is -2.86. The summed E-state index contributed by atoms with van der Waals surface area (Å²) in [5.74, 6) is -0.852. The molecule has 2 heterocycles.